The minimum absolute atomic E-state index is 0.0486. The fraction of sp³-hybridized carbons (Fsp3) is 0.647. The van der Waals surface area contributed by atoms with Crippen LogP contribution in [-0.4, -0.2) is 31.3 Å². The number of urea groups is 1. The monoisotopic (exact) mass is 398 g/mol. The summed E-state index contributed by atoms with van der Waals surface area (Å²) in [5, 5.41) is 9.25. The molecule has 1 aliphatic carbocycles. The van der Waals surface area contributed by atoms with Gasteiger partial charge in [0.05, 0.1) is 24.2 Å². The van der Waals surface area contributed by atoms with Crippen molar-refractivity contribution in [2.75, 3.05) is 0 Å². The van der Waals surface area contributed by atoms with Crippen molar-refractivity contribution in [2.45, 2.75) is 70.3 Å². The van der Waals surface area contributed by atoms with Gasteiger partial charge in [-0.15, -0.1) is 0 Å². The van der Waals surface area contributed by atoms with Gasteiger partial charge in [0.1, 0.15) is 0 Å². The number of carbonyl (C=O) groups excluding carboxylic acids is 1. The van der Waals surface area contributed by atoms with Gasteiger partial charge in [0.2, 0.25) is 11.7 Å². The molecule has 0 atom stereocenters. The fourth-order valence-electron chi connectivity index (χ4n) is 3.62. The Morgan fingerprint density at radius 3 is 2.71 bits per heavy atom. The van der Waals surface area contributed by atoms with Crippen LogP contribution in [0.3, 0.4) is 0 Å². The summed E-state index contributed by atoms with van der Waals surface area (Å²) in [7, 11) is 0. The summed E-state index contributed by atoms with van der Waals surface area (Å²) in [4.78, 5) is 20.2. The SMILES string of the molecule is Cc1noc(CC2(NC(=O)NCc3nc(C(F)(F)F)n4c3CCCC4)CC2)n1. The lowest BCUT2D eigenvalue weighted by atomic mass is 10.1. The van der Waals surface area contributed by atoms with Crippen molar-refractivity contribution >= 4 is 6.03 Å². The molecule has 28 heavy (non-hydrogen) atoms. The lowest BCUT2D eigenvalue weighted by Gasteiger charge is -2.18. The van der Waals surface area contributed by atoms with Crippen molar-refractivity contribution < 1.29 is 22.5 Å². The van der Waals surface area contributed by atoms with Crippen molar-refractivity contribution in [2.24, 2.45) is 0 Å². The maximum absolute atomic E-state index is 13.2. The van der Waals surface area contributed by atoms with Crippen LogP contribution in [0.2, 0.25) is 0 Å². The smallest absolute Gasteiger partial charge is 0.339 e. The highest BCUT2D eigenvalue weighted by atomic mass is 19.4. The van der Waals surface area contributed by atoms with Crippen molar-refractivity contribution in [3.05, 3.63) is 28.9 Å². The predicted octanol–water partition coefficient (Wildman–Crippen LogP) is 2.50. The molecule has 0 radical (unpaired) electrons. The highest BCUT2D eigenvalue weighted by Crippen LogP contribution is 2.38. The highest BCUT2D eigenvalue weighted by Gasteiger charge is 2.45. The molecule has 0 aromatic carbocycles. The van der Waals surface area contributed by atoms with Crippen LogP contribution in [-0.2, 0) is 32.1 Å². The number of hydrogen-bond acceptors (Lipinski definition) is 5. The molecular formula is C17H21F3N6O2. The number of carbonyl (C=O) groups is 1. The van der Waals surface area contributed by atoms with E-state index in [4.69, 9.17) is 4.52 Å². The van der Waals surface area contributed by atoms with Crippen LogP contribution in [0, 0.1) is 6.92 Å². The number of hydrogen-bond donors (Lipinski definition) is 2. The molecule has 2 aromatic heterocycles. The summed E-state index contributed by atoms with van der Waals surface area (Å²) in [6.07, 6.45) is -0.485. The number of nitrogens with one attached hydrogen (secondary N) is 2. The third-order valence-corrected chi connectivity index (χ3v) is 5.16. The fourth-order valence-corrected chi connectivity index (χ4v) is 3.62. The molecule has 0 unspecified atom stereocenters. The minimum atomic E-state index is -4.51. The number of aromatic nitrogens is 4. The largest absolute Gasteiger partial charge is 0.449 e. The van der Waals surface area contributed by atoms with Crippen molar-refractivity contribution in [1.82, 2.24) is 30.3 Å². The maximum atomic E-state index is 13.2. The third-order valence-electron chi connectivity index (χ3n) is 5.16. The van der Waals surface area contributed by atoms with Crippen molar-refractivity contribution in [3.8, 4) is 0 Å². The highest BCUT2D eigenvalue weighted by molar-refractivity contribution is 5.75. The van der Waals surface area contributed by atoms with Gasteiger partial charge >= 0.3 is 12.2 Å². The molecule has 8 nitrogen and oxygen atoms in total. The number of amides is 2. The quantitative estimate of drug-likeness (QED) is 0.807. The van der Waals surface area contributed by atoms with Gasteiger partial charge in [-0.05, 0) is 39.0 Å². The van der Waals surface area contributed by atoms with E-state index in [2.05, 4.69) is 25.8 Å². The Kier molecular flexibility index (Phi) is 4.54. The Hall–Kier alpha value is -2.59. The number of halogens is 3. The first-order valence-electron chi connectivity index (χ1n) is 9.26. The van der Waals surface area contributed by atoms with E-state index in [1.165, 1.54) is 4.57 Å². The molecule has 1 fully saturated rings. The maximum Gasteiger partial charge on any atom is 0.449 e. The summed E-state index contributed by atoms with van der Waals surface area (Å²) in [6.45, 7) is 1.97. The predicted molar refractivity (Wildman–Crippen MR) is 90.2 cm³/mol. The van der Waals surface area contributed by atoms with E-state index in [9.17, 15) is 18.0 Å². The summed E-state index contributed by atoms with van der Waals surface area (Å²) >= 11 is 0. The molecule has 0 bridgehead atoms. The Labute approximate surface area is 158 Å². The lowest BCUT2D eigenvalue weighted by Crippen LogP contribution is -2.44. The summed E-state index contributed by atoms with van der Waals surface area (Å²) in [6, 6.07) is -0.445. The molecular weight excluding hydrogens is 377 g/mol. The molecule has 0 spiro atoms. The van der Waals surface area contributed by atoms with Gasteiger partial charge in [-0.2, -0.15) is 18.2 Å². The summed E-state index contributed by atoms with van der Waals surface area (Å²) in [5.41, 5.74) is 0.397. The van der Waals surface area contributed by atoms with E-state index < -0.39 is 23.6 Å². The van der Waals surface area contributed by atoms with Gasteiger partial charge in [-0.3, -0.25) is 0 Å². The Morgan fingerprint density at radius 1 is 1.29 bits per heavy atom. The zero-order valence-electron chi connectivity index (χ0n) is 15.4. The van der Waals surface area contributed by atoms with E-state index in [0.29, 0.717) is 43.2 Å². The van der Waals surface area contributed by atoms with Crippen LogP contribution < -0.4 is 10.6 Å². The molecule has 11 heteroatoms. The van der Waals surface area contributed by atoms with E-state index >= 15 is 0 Å². The van der Waals surface area contributed by atoms with Gasteiger partial charge in [0.15, 0.2) is 5.82 Å². The summed E-state index contributed by atoms with van der Waals surface area (Å²) in [5.74, 6) is 0.0957. The van der Waals surface area contributed by atoms with E-state index in [0.717, 1.165) is 19.3 Å². The zero-order chi connectivity index (χ0) is 19.9. The minimum Gasteiger partial charge on any atom is -0.339 e. The molecule has 1 aliphatic heterocycles. The average Bonchev–Trinajstić information content (AvgIpc) is 3.07. The number of alkyl halides is 3. The topological polar surface area (TPSA) is 97.9 Å². The molecule has 2 aromatic rings. The van der Waals surface area contributed by atoms with Gasteiger partial charge in [0, 0.05) is 12.2 Å². The molecule has 2 amide bonds. The van der Waals surface area contributed by atoms with Gasteiger partial charge in [-0.25, -0.2) is 9.78 Å². The second kappa shape index (κ2) is 6.78. The summed E-state index contributed by atoms with van der Waals surface area (Å²) < 4.78 is 46.0. The number of fused-ring (bicyclic) bond motifs is 1. The average molecular weight is 398 g/mol. The molecule has 3 heterocycles. The molecule has 4 rings (SSSR count). The zero-order valence-corrected chi connectivity index (χ0v) is 15.4. The van der Waals surface area contributed by atoms with Crippen LogP contribution >= 0.6 is 0 Å². The van der Waals surface area contributed by atoms with Crippen LogP contribution in [0.4, 0.5) is 18.0 Å². The second-order valence-electron chi connectivity index (χ2n) is 7.44. The van der Waals surface area contributed by atoms with Gasteiger partial charge < -0.3 is 19.7 Å². The third kappa shape index (κ3) is 3.83. The Bertz CT molecular complexity index is 884. The van der Waals surface area contributed by atoms with Crippen LogP contribution in [0.1, 0.15) is 54.6 Å². The van der Waals surface area contributed by atoms with Crippen molar-refractivity contribution in [3.63, 3.8) is 0 Å². The number of rotatable bonds is 5. The van der Waals surface area contributed by atoms with Crippen LogP contribution in [0.5, 0.6) is 0 Å². The van der Waals surface area contributed by atoms with Crippen LogP contribution in [0.25, 0.3) is 0 Å². The lowest BCUT2D eigenvalue weighted by molar-refractivity contribution is -0.147. The number of imidazole rings is 1. The first kappa shape index (κ1) is 18.8. The standard InChI is InChI=1S/C17H21F3N6O2/c1-10-22-13(28-25-10)8-16(5-6-16)24-15(27)21-9-11-12-4-2-3-7-26(12)14(23-11)17(18,19)20/h2-9H2,1H3,(H2,21,24,27). The van der Waals surface area contributed by atoms with E-state index in [1.807, 2.05) is 0 Å². The van der Waals surface area contributed by atoms with Crippen molar-refractivity contribution in [1.29, 1.82) is 0 Å². The molecule has 2 aliphatic rings. The van der Waals surface area contributed by atoms with Gasteiger partial charge in [-0.1, -0.05) is 5.16 Å². The molecule has 2 N–H and O–H groups in total. The normalized spacial score (nSPS) is 17.9. The molecule has 1 saturated carbocycles. The molecule has 0 saturated heterocycles. The Morgan fingerprint density at radius 2 is 2.07 bits per heavy atom. The molecule has 152 valence electrons. The first-order valence-corrected chi connectivity index (χ1v) is 9.26. The van der Waals surface area contributed by atoms with E-state index in [1.54, 1.807) is 6.92 Å². The first-order chi connectivity index (χ1) is 13.3. The number of aryl methyl sites for hydroxylation is 1. The van der Waals surface area contributed by atoms with E-state index in [-0.39, 0.29) is 12.2 Å². The van der Waals surface area contributed by atoms with Crippen LogP contribution in [0.15, 0.2) is 4.52 Å². The number of nitrogens with zero attached hydrogens (tertiary/aromatic N) is 4. The van der Waals surface area contributed by atoms with Gasteiger partial charge in [0.25, 0.3) is 0 Å². The Balaban J connectivity index is 1.39. The second-order valence-corrected chi connectivity index (χ2v) is 7.44.